The van der Waals surface area contributed by atoms with E-state index in [0.717, 1.165) is 0 Å². The summed E-state index contributed by atoms with van der Waals surface area (Å²) in [4.78, 5) is 25.5. The number of carbonyl (C=O) groups is 1. The van der Waals surface area contributed by atoms with Crippen molar-refractivity contribution in [2.24, 2.45) is 11.7 Å². The quantitative estimate of drug-likeness (QED) is 0.634. The number of pyridine rings is 1. The van der Waals surface area contributed by atoms with Gasteiger partial charge in [0.15, 0.2) is 0 Å². The second-order valence-corrected chi connectivity index (χ2v) is 4.96. The number of hydrogen-bond donors (Lipinski definition) is 2. The van der Waals surface area contributed by atoms with E-state index in [4.69, 9.17) is 5.73 Å². The molecule has 8 heteroatoms. The number of carbonyl (C=O) groups excluding carboxylic acids is 1. The van der Waals surface area contributed by atoms with Gasteiger partial charge in [-0.3, -0.25) is 14.9 Å². The SMILES string of the molecule is CC(C)C(Nc1ncc(Br)cc1[N+](=O)[O-])C(N)=O. The summed E-state index contributed by atoms with van der Waals surface area (Å²) in [5.41, 5.74) is 5.02. The molecule has 18 heavy (non-hydrogen) atoms. The Kier molecular flexibility index (Phi) is 4.60. The molecule has 7 nitrogen and oxygen atoms in total. The van der Waals surface area contributed by atoms with Crippen LogP contribution in [0.15, 0.2) is 16.7 Å². The van der Waals surface area contributed by atoms with E-state index in [-0.39, 0.29) is 17.4 Å². The molecule has 1 unspecified atom stereocenters. The van der Waals surface area contributed by atoms with Crippen molar-refractivity contribution in [3.63, 3.8) is 0 Å². The first-order chi connectivity index (χ1) is 8.32. The van der Waals surface area contributed by atoms with Crippen molar-refractivity contribution >= 4 is 33.3 Å². The molecule has 98 valence electrons. The number of hydrogen-bond acceptors (Lipinski definition) is 5. The Bertz CT molecular complexity index is 478. The third kappa shape index (κ3) is 3.39. The van der Waals surface area contributed by atoms with Gasteiger partial charge in [0.25, 0.3) is 0 Å². The van der Waals surface area contributed by atoms with E-state index in [1.54, 1.807) is 13.8 Å². The Balaban J connectivity index is 3.10. The zero-order chi connectivity index (χ0) is 13.9. The lowest BCUT2D eigenvalue weighted by atomic mass is 10.0. The number of nitrogens with zero attached hydrogens (tertiary/aromatic N) is 2. The number of primary amides is 1. The minimum Gasteiger partial charge on any atom is -0.368 e. The highest BCUT2D eigenvalue weighted by Gasteiger charge is 2.24. The van der Waals surface area contributed by atoms with E-state index in [1.807, 2.05) is 0 Å². The average Bonchev–Trinajstić information content (AvgIpc) is 2.25. The van der Waals surface area contributed by atoms with Gasteiger partial charge in [-0.2, -0.15) is 0 Å². The standard InChI is InChI=1S/C10H13BrN4O3/c1-5(2)8(9(12)16)14-10-7(15(17)18)3-6(11)4-13-10/h3-5,8H,1-2H3,(H2,12,16)(H,13,14). The molecule has 0 saturated carbocycles. The zero-order valence-corrected chi connectivity index (χ0v) is 11.5. The van der Waals surface area contributed by atoms with Crippen LogP contribution in [0.4, 0.5) is 11.5 Å². The second-order valence-electron chi connectivity index (χ2n) is 4.05. The Morgan fingerprint density at radius 1 is 1.61 bits per heavy atom. The molecule has 1 atom stereocenters. The Morgan fingerprint density at radius 2 is 2.22 bits per heavy atom. The van der Waals surface area contributed by atoms with E-state index in [1.165, 1.54) is 12.3 Å². The predicted molar refractivity (Wildman–Crippen MR) is 70.0 cm³/mol. The molecule has 1 aromatic heterocycles. The van der Waals surface area contributed by atoms with Crippen LogP contribution in [0.25, 0.3) is 0 Å². The van der Waals surface area contributed by atoms with Crippen molar-refractivity contribution in [2.75, 3.05) is 5.32 Å². The molecule has 0 aliphatic carbocycles. The molecule has 3 N–H and O–H groups in total. The van der Waals surface area contributed by atoms with Gasteiger partial charge in [-0.15, -0.1) is 0 Å². The molecule has 1 amide bonds. The largest absolute Gasteiger partial charge is 0.368 e. The van der Waals surface area contributed by atoms with Crippen molar-refractivity contribution in [3.8, 4) is 0 Å². The highest BCUT2D eigenvalue weighted by molar-refractivity contribution is 9.10. The van der Waals surface area contributed by atoms with Gasteiger partial charge in [0, 0.05) is 16.7 Å². The van der Waals surface area contributed by atoms with Gasteiger partial charge in [0.1, 0.15) is 6.04 Å². The molecular weight excluding hydrogens is 304 g/mol. The normalized spacial score (nSPS) is 12.2. The van der Waals surface area contributed by atoms with Crippen molar-refractivity contribution < 1.29 is 9.72 Å². The average molecular weight is 317 g/mol. The number of nitrogens with one attached hydrogen (secondary N) is 1. The maximum Gasteiger partial charge on any atom is 0.312 e. The molecule has 1 aromatic rings. The number of halogens is 1. The van der Waals surface area contributed by atoms with Gasteiger partial charge in [-0.05, 0) is 21.8 Å². The molecular formula is C10H13BrN4O3. The van der Waals surface area contributed by atoms with E-state index in [0.29, 0.717) is 4.47 Å². The summed E-state index contributed by atoms with van der Waals surface area (Å²) >= 11 is 3.10. The fourth-order valence-corrected chi connectivity index (χ4v) is 1.71. The predicted octanol–water partition coefficient (Wildman–Crippen LogP) is 1.67. The maximum atomic E-state index is 11.2. The van der Waals surface area contributed by atoms with Crippen molar-refractivity contribution in [2.45, 2.75) is 19.9 Å². The first-order valence-electron chi connectivity index (χ1n) is 5.18. The van der Waals surface area contributed by atoms with Crippen LogP contribution in [0.2, 0.25) is 0 Å². The number of nitro groups is 1. The van der Waals surface area contributed by atoms with Crippen LogP contribution >= 0.6 is 15.9 Å². The summed E-state index contributed by atoms with van der Waals surface area (Å²) in [5, 5.41) is 13.6. The molecule has 0 saturated heterocycles. The Morgan fingerprint density at radius 3 is 2.67 bits per heavy atom. The monoisotopic (exact) mass is 316 g/mol. The molecule has 1 rings (SSSR count). The van der Waals surface area contributed by atoms with Crippen molar-refractivity contribution in [1.82, 2.24) is 4.98 Å². The maximum absolute atomic E-state index is 11.2. The third-order valence-corrected chi connectivity index (χ3v) is 2.73. The van der Waals surface area contributed by atoms with Crippen molar-refractivity contribution in [3.05, 3.63) is 26.9 Å². The molecule has 0 aliphatic heterocycles. The second kappa shape index (κ2) is 5.76. The lowest BCUT2D eigenvalue weighted by Gasteiger charge is -2.19. The summed E-state index contributed by atoms with van der Waals surface area (Å²) in [6.07, 6.45) is 1.41. The molecule has 0 fully saturated rings. The molecule has 0 aromatic carbocycles. The van der Waals surface area contributed by atoms with E-state index in [9.17, 15) is 14.9 Å². The highest BCUT2D eigenvalue weighted by atomic mass is 79.9. The van der Waals surface area contributed by atoms with Crippen LogP contribution in [0.1, 0.15) is 13.8 Å². The van der Waals surface area contributed by atoms with Gasteiger partial charge in [0.05, 0.1) is 4.92 Å². The fourth-order valence-electron chi connectivity index (χ4n) is 1.39. The molecule has 0 radical (unpaired) electrons. The lowest BCUT2D eigenvalue weighted by Crippen LogP contribution is -2.39. The Hall–Kier alpha value is -1.70. The van der Waals surface area contributed by atoms with Crippen LogP contribution < -0.4 is 11.1 Å². The summed E-state index contributed by atoms with van der Waals surface area (Å²) in [6.45, 7) is 3.57. The Labute approximate surface area is 112 Å². The first kappa shape index (κ1) is 14.4. The van der Waals surface area contributed by atoms with Gasteiger partial charge in [-0.1, -0.05) is 13.8 Å². The van der Waals surface area contributed by atoms with E-state index in [2.05, 4.69) is 26.2 Å². The van der Waals surface area contributed by atoms with Gasteiger partial charge in [-0.25, -0.2) is 4.98 Å². The molecule has 1 heterocycles. The number of amides is 1. The summed E-state index contributed by atoms with van der Waals surface area (Å²) < 4.78 is 0.486. The smallest absolute Gasteiger partial charge is 0.312 e. The number of nitrogens with two attached hydrogens (primary N) is 1. The number of rotatable bonds is 5. The van der Waals surface area contributed by atoms with Gasteiger partial charge < -0.3 is 11.1 Å². The van der Waals surface area contributed by atoms with Crippen LogP contribution in [0.3, 0.4) is 0 Å². The van der Waals surface area contributed by atoms with Gasteiger partial charge >= 0.3 is 5.69 Å². The third-order valence-electron chi connectivity index (χ3n) is 2.30. The number of aromatic nitrogens is 1. The zero-order valence-electron chi connectivity index (χ0n) is 9.88. The van der Waals surface area contributed by atoms with Crippen LogP contribution in [0.5, 0.6) is 0 Å². The van der Waals surface area contributed by atoms with Crippen molar-refractivity contribution in [1.29, 1.82) is 0 Å². The highest BCUT2D eigenvalue weighted by Crippen LogP contribution is 2.26. The van der Waals surface area contributed by atoms with Crippen LogP contribution in [-0.4, -0.2) is 21.9 Å². The summed E-state index contributed by atoms with van der Waals surface area (Å²) in [5.74, 6) is -0.655. The topological polar surface area (TPSA) is 111 Å². The minimum atomic E-state index is -0.711. The lowest BCUT2D eigenvalue weighted by molar-refractivity contribution is -0.384. The van der Waals surface area contributed by atoms with Crippen LogP contribution in [-0.2, 0) is 4.79 Å². The molecule has 0 aliphatic rings. The molecule has 0 spiro atoms. The fraction of sp³-hybridized carbons (Fsp3) is 0.400. The summed E-state index contributed by atoms with van der Waals surface area (Å²) in [7, 11) is 0. The van der Waals surface area contributed by atoms with Gasteiger partial charge in [0.2, 0.25) is 11.7 Å². The molecule has 0 bridgehead atoms. The van der Waals surface area contributed by atoms with E-state index >= 15 is 0 Å². The summed E-state index contributed by atoms with van der Waals surface area (Å²) in [6, 6.07) is 0.602. The van der Waals surface area contributed by atoms with E-state index < -0.39 is 16.9 Å². The van der Waals surface area contributed by atoms with Crippen LogP contribution in [0, 0.1) is 16.0 Å². The first-order valence-corrected chi connectivity index (χ1v) is 5.98. The number of anilines is 1. The minimum absolute atomic E-state index is 0.0284.